The number of rotatable bonds is 18. The van der Waals surface area contributed by atoms with Crippen molar-refractivity contribution in [1.82, 2.24) is 5.32 Å². The highest BCUT2D eigenvalue weighted by Crippen LogP contribution is 2.09. The Morgan fingerprint density at radius 1 is 0.923 bits per heavy atom. The molecule has 5 nitrogen and oxygen atoms in total. The molecule has 0 saturated heterocycles. The van der Waals surface area contributed by atoms with Gasteiger partial charge in [0.1, 0.15) is 6.04 Å². The van der Waals surface area contributed by atoms with Gasteiger partial charge < -0.3 is 16.2 Å². The molecule has 1 atom stereocenters. The fourth-order valence-corrected chi connectivity index (χ4v) is 2.84. The minimum atomic E-state index is -0.960. The Hall–Kier alpha value is -1.36. The molecule has 0 saturated carbocycles. The lowest BCUT2D eigenvalue weighted by Crippen LogP contribution is -2.40. The number of allylic oxidation sites excluding steroid dienone is 2. The van der Waals surface area contributed by atoms with Crippen LogP contribution in [-0.4, -0.2) is 29.6 Å². The number of aliphatic carboxylic acids is 1. The summed E-state index contributed by atoms with van der Waals surface area (Å²) in [5.74, 6) is -1.11. The monoisotopic (exact) mass is 368 g/mol. The summed E-state index contributed by atoms with van der Waals surface area (Å²) in [4.78, 5) is 23.0. The maximum atomic E-state index is 11.9. The molecule has 26 heavy (non-hydrogen) atoms. The average Bonchev–Trinajstić information content (AvgIpc) is 2.61. The number of carbonyl (C=O) groups excluding carboxylic acids is 1. The van der Waals surface area contributed by atoms with Gasteiger partial charge in [-0.1, -0.05) is 51.2 Å². The Bertz CT molecular complexity index is 383. The lowest BCUT2D eigenvalue weighted by Gasteiger charge is -2.14. The largest absolute Gasteiger partial charge is 0.480 e. The van der Waals surface area contributed by atoms with Crippen LogP contribution in [-0.2, 0) is 9.59 Å². The number of nitrogens with two attached hydrogens (primary N) is 1. The van der Waals surface area contributed by atoms with Crippen molar-refractivity contribution in [3.63, 3.8) is 0 Å². The maximum Gasteiger partial charge on any atom is 0.326 e. The predicted octanol–water partition coefficient (Wildman–Crippen LogP) is 4.55. The molecule has 0 radical (unpaired) electrons. The van der Waals surface area contributed by atoms with Crippen molar-refractivity contribution in [2.24, 2.45) is 5.73 Å². The average molecular weight is 369 g/mol. The van der Waals surface area contributed by atoms with Crippen molar-refractivity contribution >= 4 is 11.9 Å². The minimum Gasteiger partial charge on any atom is -0.480 e. The van der Waals surface area contributed by atoms with E-state index in [2.05, 4.69) is 24.4 Å². The SMILES string of the molecule is CCCCC/C=C\CCCCCCCC(=O)N[C@@H](CCCCN)C(=O)O. The van der Waals surface area contributed by atoms with Gasteiger partial charge in [-0.3, -0.25) is 4.79 Å². The van der Waals surface area contributed by atoms with E-state index in [1.807, 2.05) is 0 Å². The molecule has 0 aromatic carbocycles. The van der Waals surface area contributed by atoms with Gasteiger partial charge in [-0.15, -0.1) is 0 Å². The van der Waals surface area contributed by atoms with Crippen LogP contribution in [0.15, 0.2) is 12.2 Å². The smallest absolute Gasteiger partial charge is 0.326 e. The summed E-state index contributed by atoms with van der Waals surface area (Å²) in [5.41, 5.74) is 5.41. The number of hydrogen-bond acceptors (Lipinski definition) is 3. The third-order valence-electron chi connectivity index (χ3n) is 4.50. The highest BCUT2D eigenvalue weighted by Gasteiger charge is 2.18. The molecule has 0 spiro atoms. The molecule has 4 N–H and O–H groups in total. The molecule has 0 aliphatic rings. The zero-order valence-corrected chi connectivity index (χ0v) is 16.7. The Labute approximate surface area is 159 Å². The van der Waals surface area contributed by atoms with E-state index in [0.717, 1.165) is 38.5 Å². The molecule has 0 fully saturated rings. The molecule has 0 bridgehead atoms. The van der Waals surface area contributed by atoms with E-state index in [4.69, 9.17) is 10.8 Å². The second kappa shape index (κ2) is 18.4. The molecule has 0 aromatic rings. The number of carboxylic acid groups (broad SMARTS) is 1. The summed E-state index contributed by atoms with van der Waals surface area (Å²) in [6, 6.07) is -0.779. The summed E-state index contributed by atoms with van der Waals surface area (Å²) < 4.78 is 0. The van der Waals surface area contributed by atoms with Crippen LogP contribution in [0.1, 0.15) is 96.8 Å². The molecular formula is C21H40N2O3. The third-order valence-corrected chi connectivity index (χ3v) is 4.50. The molecule has 0 rings (SSSR count). The Balaban J connectivity index is 3.58. The lowest BCUT2D eigenvalue weighted by molar-refractivity contribution is -0.142. The van der Waals surface area contributed by atoms with Crippen LogP contribution in [0.4, 0.5) is 0 Å². The van der Waals surface area contributed by atoms with Crippen LogP contribution in [0.3, 0.4) is 0 Å². The van der Waals surface area contributed by atoms with E-state index in [-0.39, 0.29) is 5.91 Å². The van der Waals surface area contributed by atoms with Crippen LogP contribution in [0.25, 0.3) is 0 Å². The number of unbranched alkanes of at least 4 members (excludes halogenated alkanes) is 9. The molecule has 0 unspecified atom stereocenters. The Kier molecular flexibility index (Phi) is 17.5. The van der Waals surface area contributed by atoms with E-state index in [0.29, 0.717) is 19.4 Å². The summed E-state index contributed by atoms with van der Waals surface area (Å²) in [7, 11) is 0. The normalized spacial score (nSPS) is 12.4. The minimum absolute atomic E-state index is 0.153. The molecule has 0 aliphatic carbocycles. The van der Waals surface area contributed by atoms with Gasteiger partial charge in [0.2, 0.25) is 5.91 Å². The van der Waals surface area contributed by atoms with Crippen molar-refractivity contribution in [3.8, 4) is 0 Å². The van der Waals surface area contributed by atoms with Crippen LogP contribution in [0.5, 0.6) is 0 Å². The fourth-order valence-electron chi connectivity index (χ4n) is 2.84. The van der Waals surface area contributed by atoms with Gasteiger partial charge in [-0.2, -0.15) is 0 Å². The fraction of sp³-hybridized carbons (Fsp3) is 0.810. The summed E-state index contributed by atoms with van der Waals surface area (Å²) >= 11 is 0. The number of amides is 1. The number of carboxylic acids is 1. The Morgan fingerprint density at radius 3 is 2.15 bits per heavy atom. The van der Waals surface area contributed by atoms with E-state index < -0.39 is 12.0 Å². The first-order valence-corrected chi connectivity index (χ1v) is 10.5. The molecule has 0 aliphatic heterocycles. The molecule has 0 aromatic heterocycles. The van der Waals surface area contributed by atoms with Crippen molar-refractivity contribution in [2.45, 2.75) is 103 Å². The first kappa shape index (κ1) is 24.6. The zero-order chi connectivity index (χ0) is 19.5. The summed E-state index contributed by atoms with van der Waals surface area (Å²) in [6.45, 7) is 2.77. The molecular weight excluding hydrogens is 328 g/mol. The van der Waals surface area contributed by atoms with E-state index >= 15 is 0 Å². The second-order valence-corrected chi connectivity index (χ2v) is 7.02. The first-order valence-electron chi connectivity index (χ1n) is 10.5. The van der Waals surface area contributed by atoms with Gasteiger partial charge in [-0.05, 0) is 57.9 Å². The summed E-state index contributed by atoms with van der Waals surface area (Å²) in [5, 5.41) is 11.8. The number of carbonyl (C=O) groups is 2. The predicted molar refractivity (Wildman–Crippen MR) is 108 cm³/mol. The van der Waals surface area contributed by atoms with Gasteiger partial charge in [-0.25, -0.2) is 4.79 Å². The summed E-state index contributed by atoms with van der Waals surface area (Å²) in [6.07, 6.45) is 18.6. The van der Waals surface area contributed by atoms with Crippen LogP contribution in [0, 0.1) is 0 Å². The topological polar surface area (TPSA) is 92.4 Å². The molecule has 0 heterocycles. The van der Waals surface area contributed by atoms with Gasteiger partial charge >= 0.3 is 5.97 Å². The number of nitrogens with one attached hydrogen (secondary N) is 1. The zero-order valence-electron chi connectivity index (χ0n) is 16.7. The maximum absolute atomic E-state index is 11.9. The quantitative estimate of drug-likeness (QED) is 0.244. The van der Waals surface area contributed by atoms with Gasteiger partial charge in [0.25, 0.3) is 0 Å². The lowest BCUT2D eigenvalue weighted by atomic mass is 10.1. The van der Waals surface area contributed by atoms with Crippen molar-refractivity contribution < 1.29 is 14.7 Å². The first-order chi connectivity index (χ1) is 12.6. The highest BCUT2D eigenvalue weighted by atomic mass is 16.4. The van der Waals surface area contributed by atoms with Crippen molar-refractivity contribution in [3.05, 3.63) is 12.2 Å². The van der Waals surface area contributed by atoms with Gasteiger partial charge in [0.15, 0.2) is 0 Å². The second-order valence-electron chi connectivity index (χ2n) is 7.02. The van der Waals surface area contributed by atoms with E-state index in [9.17, 15) is 9.59 Å². The van der Waals surface area contributed by atoms with Crippen LogP contribution >= 0.6 is 0 Å². The highest BCUT2D eigenvalue weighted by molar-refractivity contribution is 5.83. The van der Waals surface area contributed by atoms with Crippen molar-refractivity contribution in [1.29, 1.82) is 0 Å². The Morgan fingerprint density at radius 2 is 1.54 bits per heavy atom. The standard InChI is InChI=1S/C21H40N2O3/c1-2-3-4-5-6-7-8-9-10-11-12-13-17-20(24)23-19(21(25)26)16-14-15-18-22/h6-7,19H,2-5,8-18,22H2,1H3,(H,23,24)(H,25,26)/b7-6-/t19-/m0/s1. The van der Waals surface area contributed by atoms with Crippen molar-refractivity contribution in [2.75, 3.05) is 6.54 Å². The molecule has 1 amide bonds. The van der Waals surface area contributed by atoms with E-state index in [1.165, 1.54) is 38.5 Å². The third kappa shape index (κ3) is 16.1. The van der Waals surface area contributed by atoms with E-state index in [1.54, 1.807) is 0 Å². The van der Waals surface area contributed by atoms with Crippen LogP contribution in [0.2, 0.25) is 0 Å². The van der Waals surface area contributed by atoms with Crippen LogP contribution < -0.4 is 11.1 Å². The molecule has 5 heteroatoms. The van der Waals surface area contributed by atoms with Gasteiger partial charge in [0.05, 0.1) is 0 Å². The number of hydrogen-bond donors (Lipinski definition) is 3. The molecule has 152 valence electrons. The van der Waals surface area contributed by atoms with Gasteiger partial charge in [0, 0.05) is 6.42 Å².